The largest absolute Gasteiger partial charge is 0.397 e. The number of alkyl halides is 3. The summed E-state index contributed by atoms with van der Waals surface area (Å²) < 4.78 is 40.1. The van der Waals surface area contributed by atoms with E-state index in [-0.39, 0.29) is 4.75 Å². The monoisotopic (exact) mass is 200 g/mol. The van der Waals surface area contributed by atoms with Gasteiger partial charge in [-0.2, -0.15) is 13.2 Å². The molecule has 5 heteroatoms. The van der Waals surface area contributed by atoms with Crippen LogP contribution in [0.3, 0.4) is 0 Å². The standard InChI is InChI=1S/C7H11F3OS/c1-2-6(3-11-4-6)12-5-7(8,9)10/h2-5H2,1H3. The Morgan fingerprint density at radius 1 is 1.42 bits per heavy atom. The van der Waals surface area contributed by atoms with Crippen molar-refractivity contribution < 1.29 is 17.9 Å². The van der Waals surface area contributed by atoms with Crippen LogP contribution in [0.1, 0.15) is 13.3 Å². The van der Waals surface area contributed by atoms with Gasteiger partial charge in [0.05, 0.1) is 23.7 Å². The van der Waals surface area contributed by atoms with Crippen LogP contribution < -0.4 is 0 Å². The Balaban J connectivity index is 2.30. The maximum absolute atomic E-state index is 11.8. The van der Waals surface area contributed by atoms with Crippen molar-refractivity contribution in [2.24, 2.45) is 0 Å². The summed E-state index contributed by atoms with van der Waals surface area (Å²) in [5.74, 6) is -0.760. The molecule has 12 heavy (non-hydrogen) atoms. The Hall–Kier alpha value is 0.1000. The summed E-state index contributed by atoms with van der Waals surface area (Å²) in [6.07, 6.45) is -3.31. The molecule has 0 bridgehead atoms. The van der Waals surface area contributed by atoms with Crippen molar-refractivity contribution in [3.63, 3.8) is 0 Å². The molecule has 72 valence electrons. The molecule has 0 N–H and O–H groups in total. The Morgan fingerprint density at radius 3 is 2.25 bits per heavy atom. The smallest absolute Gasteiger partial charge is 0.378 e. The highest BCUT2D eigenvalue weighted by molar-refractivity contribution is 8.00. The second-order valence-corrected chi connectivity index (χ2v) is 4.38. The highest BCUT2D eigenvalue weighted by atomic mass is 32.2. The zero-order valence-corrected chi connectivity index (χ0v) is 7.60. The average molecular weight is 200 g/mol. The molecule has 0 aromatic carbocycles. The normalized spacial score (nSPS) is 22.0. The maximum atomic E-state index is 11.8. The lowest BCUT2D eigenvalue weighted by Gasteiger charge is -2.40. The second kappa shape index (κ2) is 3.46. The predicted octanol–water partition coefficient (Wildman–Crippen LogP) is 2.46. The van der Waals surface area contributed by atoms with Gasteiger partial charge in [0.25, 0.3) is 0 Å². The van der Waals surface area contributed by atoms with Gasteiger partial charge in [0.2, 0.25) is 0 Å². The highest BCUT2D eigenvalue weighted by Crippen LogP contribution is 2.39. The quantitative estimate of drug-likeness (QED) is 0.692. The molecule has 0 aromatic rings. The molecule has 0 aromatic heterocycles. The zero-order valence-electron chi connectivity index (χ0n) is 6.78. The summed E-state index contributed by atoms with van der Waals surface area (Å²) in [6.45, 7) is 2.82. The van der Waals surface area contributed by atoms with Crippen LogP contribution in [0.25, 0.3) is 0 Å². The van der Waals surface area contributed by atoms with Crippen LogP contribution in [-0.4, -0.2) is 29.9 Å². The summed E-state index contributed by atoms with van der Waals surface area (Å²) in [5, 5.41) is 0. The lowest BCUT2D eigenvalue weighted by Crippen LogP contribution is -2.47. The Morgan fingerprint density at radius 2 is 2.00 bits per heavy atom. The molecule has 0 radical (unpaired) electrons. The van der Waals surface area contributed by atoms with Gasteiger partial charge >= 0.3 is 6.18 Å². The molecule has 0 amide bonds. The van der Waals surface area contributed by atoms with E-state index in [0.717, 1.165) is 18.2 Å². The van der Waals surface area contributed by atoms with Crippen LogP contribution in [0.15, 0.2) is 0 Å². The highest BCUT2D eigenvalue weighted by Gasteiger charge is 2.41. The van der Waals surface area contributed by atoms with E-state index in [9.17, 15) is 13.2 Å². The predicted molar refractivity (Wildman–Crippen MR) is 42.4 cm³/mol. The first kappa shape index (κ1) is 10.2. The first-order chi connectivity index (χ1) is 5.47. The molecule has 0 aliphatic carbocycles. The van der Waals surface area contributed by atoms with Gasteiger partial charge < -0.3 is 4.74 Å². The van der Waals surface area contributed by atoms with E-state index >= 15 is 0 Å². The molecule has 0 spiro atoms. The molecule has 1 aliphatic rings. The number of thioether (sulfide) groups is 1. The molecule has 1 aliphatic heterocycles. The van der Waals surface area contributed by atoms with Crippen molar-refractivity contribution in [1.82, 2.24) is 0 Å². The van der Waals surface area contributed by atoms with E-state index in [0.29, 0.717) is 13.2 Å². The average Bonchev–Trinajstić information content (AvgIpc) is 1.84. The molecular formula is C7H11F3OS. The summed E-state index contributed by atoms with van der Waals surface area (Å²) >= 11 is 0.968. The SMILES string of the molecule is CCC1(SCC(F)(F)F)COC1. The van der Waals surface area contributed by atoms with Crippen molar-refractivity contribution in [3.05, 3.63) is 0 Å². The molecular weight excluding hydrogens is 189 g/mol. The molecule has 1 heterocycles. The second-order valence-electron chi connectivity index (χ2n) is 2.93. The van der Waals surface area contributed by atoms with Gasteiger partial charge in [-0.15, -0.1) is 11.8 Å². The zero-order chi connectivity index (χ0) is 9.24. The minimum absolute atomic E-state index is 0.254. The lowest BCUT2D eigenvalue weighted by atomic mass is 10.0. The molecule has 1 rings (SSSR count). The molecule has 1 nitrogen and oxygen atoms in total. The summed E-state index contributed by atoms with van der Waals surface area (Å²) in [7, 11) is 0. The van der Waals surface area contributed by atoms with E-state index < -0.39 is 11.9 Å². The van der Waals surface area contributed by atoms with Crippen LogP contribution >= 0.6 is 11.8 Å². The number of rotatable bonds is 3. The van der Waals surface area contributed by atoms with Crippen molar-refractivity contribution in [2.75, 3.05) is 19.0 Å². The van der Waals surface area contributed by atoms with Crippen LogP contribution in [0.4, 0.5) is 13.2 Å². The first-order valence-corrected chi connectivity index (χ1v) is 4.74. The van der Waals surface area contributed by atoms with Crippen LogP contribution in [0.2, 0.25) is 0 Å². The number of hydrogen-bond donors (Lipinski definition) is 0. The van der Waals surface area contributed by atoms with Gasteiger partial charge in [-0.25, -0.2) is 0 Å². The minimum atomic E-state index is -4.05. The van der Waals surface area contributed by atoms with Crippen LogP contribution in [0, 0.1) is 0 Å². The van der Waals surface area contributed by atoms with Gasteiger partial charge in [0, 0.05) is 0 Å². The van der Waals surface area contributed by atoms with Crippen molar-refractivity contribution in [1.29, 1.82) is 0 Å². The fourth-order valence-electron chi connectivity index (χ4n) is 0.954. The van der Waals surface area contributed by atoms with Gasteiger partial charge in [0.15, 0.2) is 0 Å². The van der Waals surface area contributed by atoms with Gasteiger partial charge in [-0.05, 0) is 6.42 Å². The van der Waals surface area contributed by atoms with Crippen LogP contribution in [-0.2, 0) is 4.74 Å². The first-order valence-electron chi connectivity index (χ1n) is 3.76. The number of ether oxygens (including phenoxy) is 1. The third-order valence-corrected chi connectivity index (χ3v) is 3.52. The van der Waals surface area contributed by atoms with Gasteiger partial charge in [-0.3, -0.25) is 0 Å². The fourth-order valence-corrected chi connectivity index (χ4v) is 1.96. The van der Waals surface area contributed by atoms with E-state index in [1.807, 2.05) is 6.92 Å². The fraction of sp³-hybridized carbons (Fsp3) is 1.00. The molecule has 1 fully saturated rings. The van der Waals surface area contributed by atoms with Crippen molar-refractivity contribution in [2.45, 2.75) is 24.3 Å². The molecule has 0 atom stereocenters. The minimum Gasteiger partial charge on any atom is -0.378 e. The number of halogens is 3. The summed E-state index contributed by atoms with van der Waals surface area (Å²) in [6, 6.07) is 0. The Bertz CT molecular complexity index is 148. The topological polar surface area (TPSA) is 9.23 Å². The van der Waals surface area contributed by atoms with Crippen LogP contribution in [0.5, 0.6) is 0 Å². The maximum Gasteiger partial charge on any atom is 0.397 e. The van der Waals surface area contributed by atoms with Crippen molar-refractivity contribution in [3.8, 4) is 0 Å². The molecule has 0 saturated carbocycles. The van der Waals surface area contributed by atoms with E-state index in [1.165, 1.54) is 0 Å². The number of hydrogen-bond acceptors (Lipinski definition) is 2. The Kier molecular flexibility index (Phi) is 2.93. The van der Waals surface area contributed by atoms with Gasteiger partial charge in [-0.1, -0.05) is 6.92 Å². The molecule has 0 unspecified atom stereocenters. The van der Waals surface area contributed by atoms with E-state index in [4.69, 9.17) is 4.74 Å². The van der Waals surface area contributed by atoms with E-state index in [2.05, 4.69) is 0 Å². The van der Waals surface area contributed by atoms with E-state index in [1.54, 1.807) is 0 Å². The molecule has 1 saturated heterocycles. The summed E-state index contributed by atoms with van der Waals surface area (Å²) in [4.78, 5) is 0. The Labute approximate surface area is 73.7 Å². The third kappa shape index (κ3) is 2.55. The van der Waals surface area contributed by atoms with Gasteiger partial charge in [0.1, 0.15) is 0 Å². The lowest BCUT2D eigenvalue weighted by molar-refractivity contribution is -0.106. The van der Waals surface area contributed by atoms with Crippen molar-refractivity contribution >= 4 is 11.8 Å². The third-order valence-electron chi connectivity index (χ3n) is 1.92. The summed E-state index contributed by atoms with van der Waals surface area (Å²) in [5.41, 5.74) is 0.